The van der Waals surface area contributed by atoms with Gasteiger partial charge >= 0.3 is 0 Å². The summed E-state index contributed by atoms with van der Waals surface area (Å²) in [5.41, 5.74) is 6.27. The minimum Gasteiger partial charge on any atom is -0.485 e. The molecule has 224 valence electrons. The molecule has 3 atom stereocenters. The highest BCUT2D eigenvalue weighted by molar-refractivity contribution is 6.00. The fourth-order valence-electron chi connectivity index (χ4n) is 6.25. The Kier molecular flexibility index (Phi) is 7.88. The molecule has 43 heavy (non-hydrogen) atoms. The molecule has 3 unspecified atom stereocenters. The largest absolute Gasteiger partial charge is 0.485 e. The van der Waals surface area contributed by atoms with E-state index in [0.717, 1.165) is 82.5 Å². The van der Waals surface area contributed by atoms with Crippen LogP contribution in [0.1, 0.15) is 43.7 Å². The van der Waals surface area contributed by atoms with Crippen LogP contribution < -0.4 is 24.6 Å². The van der Waals surface area contributed by atoms with Gasteiger partial charge in [-0.1, -0.05) is 20.4 Å². The van der Waals surface area contributed by atoms with E-state index in [1.54, 1.807) is 6.33 Å². The maximum Gasteiger partial charge on any atom is 0.156 e. The van der Waals surface area contributed by atoms with Crippen LogP contribution in [-0.4, -0.2) is 61.2 Å². The van der Waals surface area contributed by atoms with Gasteiger partial charge in [0.25, 0.3) is 0 Å². The first-order valence-corrected chi connectivity index (χ1v) is 15.2. The molecule has 0 spiro atoms. The molecule has 3 heterocycles. The third-order valence-corrected chi connectivity index (χ3v) is 9.07. The van der Waals surface area contributed by atoms with Crippen molar-refractivity contribution in [3.8, 4) is 17.2 Å². The molecule has 1 N–H and O–H groups in total. The van der Waals surface area contributed by atoms with Crippen LogP contribution in [0.25, 0.3) is 10.9 Å². The van der Waals surface area contributed by atoms with Crippen LogP contribution in [0.2, 0.25) is 0 Å². The number of aryl methyl sites for hydroxylation is 1. The Morgan fingerprint density at radius 1 is 1.16 bits per heavy atom. The molecular formula is C35H42N6O2. The third-order valence-electron chi connectivity index (χ3n) is 9.07. The lowest BCUT2D eigenvalue weighted by Crippen LogP contribution is -2.57. The number of hydrogen-bond donors (Lipinski definition) is 1. The number of likely N-dealkylation sites (N-methyl/N-ethyl adjacent to an activating group) is 2. The van der Waals surface area contributed by atoms with Gasteiger partial charge in [-0.3, -0.25) is 0 Å². The minimum atomic E-state index is 0.137. The molecule has 4 aromatic rings. The number of rotatable bonds is 8. The van der Waals surface area contributed by atoms with Crippen LogP contribution in [0, 0.1) is 6.92 Å². The molecule has 0 bridgehead atoms. The van der Waals surface area contributed by atoms with Crippen LogP contribution in [0.4, 0.5) is 22.9 Å². The van der Waals surface area contributed by atoms with Gasteiger partial charge in [0.2, 0.25) is 0 Å². The smallest absolute Gasteiger partial charge is 0.156 e. The second kappa shape index (κ2) is 11.8. The van der Waals surface area contributed by atoms with Gasteiger partial charge < -0.3 is 29.5 Å². The lowest BCUT2D eigenvalue weighted by Gasteiger charge is -2.46. The van der Waals surface area contributed by atoms with Crippen LogP contribution in [0.5, 0.6) is 17.2 Å². The monoisotopic (exact) mass is 578 g/mol. The fraction of sp³-hybridized carbons (Fsp3) is 0.371. The summed E-state index contributed by atoms with van der Waals surface area (Å²) in [5, 5.41) is 4.46. The minimum absolute atomic E-state index is 0.137. The van der Waals surface area contributed by atoms with Gasteiger partial charge in [0.05, 0.1) is 22.6 Å². The quantitative estimate of drug-likeness (QED) is 0.231. The van der Waals surface area contributed by atoms with E-state index in [0.29, 0.717) is 12.0 Å². The zero-order valence-electron chi connectivity index (χ0n) is 26.1. The molecule has 3 aromatic carbocycles. The number of benzene rings is 3. The van der Waals surface area contributed by atoms with E-state index in [2.05, 4.69) is 102 Å². The molecular weight excluding hydrogens is 536 g/mol. The highest BCUT2D eigenvalue weighted by Gasteiger charge is 2.38. The zero-order valence-corrected chi connectivity index (χ0v) is 26.1. The summed E-state index contributed by atoms with van der Waals surface area (Å²) in [7, 11) is 6.37. The lowest BCUT2D eigenvalue weighted by atomic mass is 9.96. The van der Waals surface area contributed by atoms with E-state index in [1.165, 1.54) is 5.56 Å². The van der Waals surface area contributed by atoms with E-state index in [4.69, 9.17) is 9.47 Å². The number of piperidine rings is 1. The standard InChI is InChI=1S/C35H42N6O2/c1-8-22(3)26-19-25(11-13-28(26)40(6)9-2)42-31-15-10-24(18-23(31)4)38-35-33-27(36-21-37-35)12-14-29-34(33)43-32-16-17-39(5)20-30(32)41(29)7/h9-15,18-19,21-22,30,32H,2,8,16-17,20H2,1,3-7H3,(H,36,37,38). The third kappa shape index (κ3) is 5.47. The van der Waals surface area contributed by atoms with E-state index in [-0.39, 0.29) is 6.10 Å². The first kappa shape index (κ1) is 28.8. The summed E-state index contributed by atoms with van der Waals surface area (Å²) in [5.74, 6) is 3.62. The molecule has 8 heteroatoms. The molecule has 8 nitrogen and oxygen atoms in total. The highest BCUT2D eigenvalue weighted by Crippen LogP contribution is 2.45. The molecule has 1 saturated heterocycles. The van der Waals surface area contributed by atoms with Crippen molar-refractivity contribution in [2.75, 3.05) is 49.3 Å². The summed E-state index contributed by atoms with van der Waals surface area (Å²) in [6.45, 7) is 12.5. The van der Waals surface area contributed by atoms with Gasteiger partial charge in [0, 0.05) is 38.6 Å². The van der Waals surface area contributed by atoms with Crippen LogP contribution >= 0.6 is 0 Å². The molecule has 2 aliphatic heterocycles. The van der Waals surface area contributed by atoms with Crippen molar-refractivity contribution in [2.24, 2.45) is 0 Å². The van der Waals surface area contributed by atoms with Crippen LogP contribution in [0.15, 0.2) is 67.6 Å². The van der Waals surface area contributed by atoms with E-state index in [9.17, 15) is 0 Å². The summed E-state index contributed by atoms with van der Waals surface area (Å²) in [6, 6.07) is 16.9. The SMILES string of the molecule is C=CN(C)c1ccc(Oc2ccc(Nc3ncnc4ccc5c(c34)OC3CCN(C)CC3N5C)cc2C)cc1C(C)CC. The maximum absolute atomic E-state index is 6.70. The fourth-order valence-corrected chi connectivity index (χ4v) is 6.25. The number of fused-ring (bicyclic) bond motifs is 4. The van der Waals surface area contributed by atoms with Crippen molar-refractivity contribution in [1.82, 2.24) is 14.9 Å². The van der Waals surface area contributed by atoms with Gasteiger partial charge in [-0.15, -0.1) is 0 Å². The van der Waals surface area contributed by atoms with E-state index in [1.807, 2.05) is 31.4 Å². The molecule has 1 fully saturated rings. The summed E-state index contributed by atoms with van der Waals surface area (Å²) in [6.07, 6.45) is 5.61. The van der Waals surface area contributed by atoms with Crippen molar-refractivity contribution in [3.63, 3.8) is 0 Å². The average Bonchev–Trinajstić information content (AvgIpc) is 3.02. The number of anilines is 4. The Morgan fingerprint density at radius 3 is 2.77 bits per heavy atom. The second-order valence-corrected chi connectivity index (χ2v) is 11.9. The maximum atomic E-state index is 6.70. The Labute approximate surface area is 254 Å². The van der Waals surface area contributed by atoms with Gasteiger partial charge in [0.15, 0.2) is 5.75 Å². The van der Waals surface area contributed by atoms with Crippen molar-refractivity contribution >= 4 is 33.8 Å². The van der Waals surface area contributed by atoms with Crippen molar-refractivity contribution < 1.29 is 9.47 Å². The topological polar surface area (TPSA) is 66.0 Å². The lowest BCUT2D eigenvalue weighted by molar-refractivity contribution is 0.0815. The van der Waals surface area contributed by atoms with Crippen molar-refractivity contribution in [3.05, 3.63) is 78.8 Å². The summed E-state index contributed by atoms with van der Waals surface area (Å²) in [4.78, 5) is 16.0. The first-order chi connectivity index (χ1) is 20.8. The molecule has 0 amide bonds. The van der Waals surface area contributed by atoms with Gasteiger partial charge in [0.1, 0.15) is 29.7 Å². The molecule has 0 saturated carbocycles. The average molecular weight is 579 g/mol. The number of hydrogen-bond acceptors (Lipinski definition) is 8. The molecule has 0 radical (unpaired) electrons. The Bertz CT molecular complexity index is 1660. The van der Waals surface area contributed by atoms with E-state index >= 15 is 0 Å². The Balaban J connectivity index is 1.28. The number of nitrogens with zero attached hydrogens (tertiary/aromatic N) is 5. The second-order valence-electron chi connectivity index (χ2n) is 11.9. The zero-order chi connectivity index (χ0) is 30.2. The number of ether oxygens (including phenoxy) is 2. The predicted molar refractivity (Wildman–Crippen MR) is 177 cm³/mol. The normalized spacial score (nSPS) is 18.8. The summed E-state index contributed by atoms with van der Waals surface area (Å²) >= 11 is 0. The van der Waals surface area contributed by atoms with Crippen molar-refractivity contribution in [1.29, 1.82) is 0 Å². The predicted octanol–water partition coefficient (Wildman–Crippen LogP) is 7.47. The van der Waals surface area contributed by atoms with Crippen molar-refractivity contribution in [2.45, 2.75) is 51.7 Å². The highest BCUT2D eigenvalue weighted by atomic mass is 16.5. The van der Waals surface area contributed by atoms with Crippen LogP contribution in [0.3, 0.4) is 0 Å². The number of aromatic nitrogens is 2. The van der Waals surface area contributed by atoms with Crippen LogP contribution in [-0.2, 0) is 0 Å². The molecule has 1 aromatic heterocycles. The molecule has 2 aliphatic rings. The number of nitrogens with one attached hydrogen (secondary N) is 1. The summed E-state index contributed by atoms with van der Waals surface area (Å²) < 4.78 is 13.1. The van der Waals surface area contributed by atoms with Gasteiger partial charge in [-0.2, -0.15) is 0 Å². The molecule has 6 rings (SSSR count). The van der Waals surface area contributed by atoms with Gasteiger partial charge in [-0.05, 0) is 98.6 Å². The Hall–Kier alpha value is -4.30. The Morgan fingerprint density at radius 2 is 2.00 bits per heavy atom. The molecule has 0 aliphatic carbocycles. The van der Waals surface area contributed by atoms with E-state index < -0.39 is 0 Å². The first-order valence-electron chi connectivity index (χ1n) is 15.2. The van der Waals surface area contributed by atoms with Gasteiger partial charge in [-0.25, -0.2) is 9.97 Å². The number of likely N-dealkylation sites (tertiary alicyclic amines) is 1.